The molecule has 0 bridgehead atoms. The molecule has 6 heteroatoms. The van der Waals surface area contributed by atoms with E-state index in [4.69, 9.17) is 5.73 Å². The molecule has 116 valence electrons. The lowest BCUT2D eigenvalue weighted by molar-refractivity contribution is 0.0358. The third-order valence-electron chi connectivity index (χ3n) is 4.06. The third-order valence-corrected chi connectivity index (χ3v) is 4.06. The zero-order valence-electron chi connectivity index (χ0n) is 12.4. The van der Waals surface area contributed by atoms with Crippen LogP contribution in [0.2, 0.25) is 0 Å². The number of para-hydroxylation sites is 1. The number of carbonyl (C=O) groups is 1. The summed E-state index contributed by atoms with van der Waals surface area (Å²) in [6, 6.07) is 9.41. The van der Waals surface area contributed by atoms with Crippen LogP contribution in [0.3, 0.4) is 0 Å². The van der Waals surface area contributed by atoms with Crippen LogP contribution in [0, 0.1) is 6.92 Å². The lowest BCUT2D eigenvalue weighted by Gasteiger charge is -2.40. The number of amides is 1. The quantitative estimate of drug-likeness (QED) is 0.903. The van der Waals surface area contributed by atoms with E-state index in [0.717, 1.165) is 11.3 Å². The van der Waals surface area contributed by atoms with E-state index in [0.29, 0.717) is 5.69 Å². The lowest BCUT2D eigenvalue weighted by atomic mass is 9.77. The van der Waals surface area contributed by atoms with Crippen molar-refractivity contribution in [3.05, 3.63) is 47.8 Å². The van der Waals surface area contributed by atoms with Gasteiger partial charge in [-0.15, -0.1) is 0 Å². The molecule has 1 amide bonds. The molecule has 0 unspecified atom stereocenters. The second kappa shape index (κ2) is 5.53. The molecule has 1 fully saturated rings. The molecule has 1 saturated carbocycles. The van der Waals surface area contributed by atoms with Crippen LogP contribution in [-0.4, -0.2) is 33.9 Å². The summed E-state index contributed by atoms with van der Waals surface area (Å²) in [5, 5.41) is 7.15. The first-order chi connectivity index (χ1) is 10.5. The highest BCUT2D eigenvalue weighted by Crippen LogP contribution is 2.35. The van der Waals surface area contributed by atoms with Crippen LogP contribution >= 0.6 is 0 Å². The first-order valence-corrected chi connectivity index (χ1v) is 7.32. The Kier molecular flexibility index (Phi) is 3.70. The normalized spacial score (nSPS) is 23.9. The summed E-state index contributed by atoms with van der Waals surface area (Å²) in [7, 11) is 0. The van der Waals surface area contributed by atoms with Crippen molar-refractivity contribution in [1.29, 1.82) is 0 Å². The summed E-state index contributed by atoms with van der Waals surface area (Å²) in [4.78, 5) is 12.3. The zero-order chi connectivity index (χ0) is 15.7. The maximum atomic E-state index is 13.7. The molecule has 0 radical (unpaired) electrons. The molecule has 0 saturated heterocycles. The SMILES string of the molecule is Cc1cn(-c2ccccc2)nc1C(=O)NC1CC(F)(CN)C1. The van der Waals surface area contributed by atoms with Crippen molar-refractivity contribution in [2.24, 2.45) is 5.73 Å². The number of aromatic nitrogens is 2. The molecule has 5 nitrogen and oxygen atoms in total. The van der Waals surface area contributed by atoms with Gasteiger partial charge in [-0.3, -0.25) is 4.79 Å². The summed E-state index contributed by atoms with van der Waals surface area (Å²) in [6.07, 6.45) is 2.35. The van der Waals surface area contributed by atoms with Crippen molar-refractivity contribution in [1.82, 2.24) is 15.1 Å². The van der Waals surface area contributed by atoms with Crippen LogP contribution in [0.1, 0.15) is 28.9 Å². The van der Waals surface area contributed by atoms with Crippen LogP contribution < -0.4 is 11.1 Å². The van der Waals surface area contributed by atoms with Crippen molar-refractivity contribution < 1.29 is 9.18 Å². The Balaban J connectivity index is 1.70. The monoisotopic (exact) mass is 302 g/mol. The standard InChI is InChI=1S/C16H19FN4O/c1-11-9-21(13-5-3-2-4-6-13)20-14(11)15(22)19-12-7-16(17,8-12)10-18/h2-6,9,12H,7-8,10,18H2,1H3,(H,19,22). The van der Waals surface area contributed by atoms with E-state index in [1.165, 1.54) is 0 Å². The first kappa shape index (κ1) is 14.7. The molecular weight excluding hydrogens is 283 g/mol. The summed E-state index contributed by atoms with van der Waals surface area (Å²) in [6.45, 7) is 1.84. The van der Waals surface area contributed by atoms with Gasteiger partial charge in [0.15, 0.2) is 5.69 Å². The van der Waals surface area contributed by atoms with Crippen LogP contribution in [-0.2, 0) is 0 Å². The molecule has 3 rings (SSSR count). The average Bonchev–Trinajstić information content (AvgIpc) is 2.88. The molecule has 1 aliphatic carbocycles. The van der Waals surface area contributed by atoms with Gasteiger partial charge in [0, 0.05) is 37.2 Å². The van der Waals surface area contributed by atoms with Gasteiger partial charge in [-0.25, -0.2) is 9.07 Å². The highest BCUT2D eigenvalue weighted by molar-refractivity contribution is 5.93. The minimum atomic E-state index is -1.32. The molecule has 2 aromatic rings. The van der Waals surface area contributed by atoms with Crippen molar-refractivity contribution in [2.45, 2.75) is 31.5 Å². The van der Waals surface area contributed by atoms with Crippen LogP contribution in [0.5, 0.6) is 0 Å². The number of nitrogens with two attached hydrogens (primary N) is 1. The van der Waals surface area contributed by atoms with E-state index in [9.17, 15) is 9.18 Å². The van der Waals surface area contributed by atoms with Gasteiger partial charge in [-0.05, 0) is 19.1 Å². The molecular formula is C16H19FN4O. The number of hydrogen-bond donors (Lipinski definition) is 2. The van der Waals surface area contributed by atoms with E-state index in [1.54, 1.807) is 4.68 Å². The summed E-state index contributed by atoms with van der Waals surface area (Å²) < 4.78 is 15.4. The van der Waals surface area contributed by atoms with Gasteiger partial charge in [0.05, 0.1) is 5.69 Å². The van der Waals surface area contributed by atoms with Crippen LogP contribution in [0.4, 0.5) is 4.39 Å². The Labute approximate surface area is 128 Å². The molecule has 0 spiro atoms. The Morgan fingerprint density at radius 3 is 2.77 bits per heavy atom. The van der Waals surface area contributed by atoms with Gasteiger partial charge >= 0.3 is 0 Å². The fourth-order valence-corrected chi connectivity index (χ4v) is 2.74. The number of benzene rings is 1. The van der Waals surface area contributed by atoms with Gasteiger partial charge in [0.25, 0.3) is 5.91 Å². The average molecular weight is 302 g/mol. The molecule has 3 N–H and O–H groups in total. The first-order valence-electron chi connectivity index (χ1n) is 7.32. The number of alkyl halides is 1. The van der Waals surface area contributed by atoms with Crippen molar-refractivity contribution in [3.8, 4) is 5.69 Å². The largest absolute Gasteiger partial charge is 0.348 e. The fraction of sp³-hybridized carbons (Fsp3) is 0.375. The molecule has 1 heterocycles. The predicted octanol–water partition coefficient (Wildman–Crippen LogP) is 1.74. The van der Waals surface area contributed by atoms with Crippen molar-refractivity contribution >= 4 is 5.91 Å². The molecule has 1 aromatic carbocycles. The minimum Gasteiger partial charge on any atom is -0.348 e. The van der Waals surface area contributed by atoms with Crippen LogP contribution in [0.25, 0.3) is 5.69 Å². The number of aryl methyl sites for hydroxylation is 1. The number of nitrogens with zero attached hydrogens (tertiary/aromatic N) is 2. The van der Waals surface area contributed by atoms with E-state index in [2.05, 4.69) is 10.4 Å². The van der Waals surface area contributed by atoms with E-state index < -0.39 is 5.67 Å². The number of halogens is 1. The second-order valence-electron chi connectivity index (χ2n) is 5.87. The number of hydrogen-bond acceptors (Lipinski definition) is 3. The third kappa shape index (κ3) is 2.74. The molecule has 22 heavy (non-hydrogen) atoms. The topological polar surface area (TPSA) is 72.9 Å². The van der Waals surface area contributed by atoms with E-state index in [-0.39, 0.29) is 31.3 Å². The maximum absolute atomic E-state index is 13.7. The van der Waals surface area contributed by atoms with Gasteiger partial charge < -0.3 is 11.1 Å². The summed E-state index contributed by atoms with van der Waals surface area (Å²) >= 11 is 0. The lowest BCUT2D eigenvalue weighted by Crippen LogP contribution is -2.56. The number of rotatable bonds is 4. The molecule has 1 aromatic heterocycles. The second-order valence-corrected chi connectivity index (χ2v) is 5.87. The van der Waals surface area contributed by atoms with Gasteiger partial charge in [0.2, 0.25) is 0 Å². The van der Waals surface area contributed by atoms with Gasteiger partial charge in [-0.1, -0.05) is 18.2 Å². The molecule has 0 aliphatic heterocycles. The Bertz CT molecular complexity index is 677. The molecule has 0 atom stereocenters. The van der Waals surface area contributed by atoms with Crippen molar-refractivity contribution in [2.75, 3.05) is 6.54 Å². The van der Waals surface area contributed by atoms with E-state index in [1.807, 2.05) is 43.5 Å². The maximum Gasteiger partial charge on any atom is 0.272 e. The van der Waals surface area contributed by atoms with Gasteiger partial charge in [-0.2, -0.15) is 5.10 Å². The highest BCUT2D eigenvalue weighted by atomic mass is 19.1. The van der Waals surface area contributed by atoms with E-state index >= 15 is 0 Å². The minimum absolute atomic E-state index is 0.00102. The highest BCUT2D eigenvalue weighted by Gasteiger charge is 2.44. The Morgan fingerprint density at radius 1 is 1.45 bits per heavy atom. The van der Waals surface area contributed by atoms with Gasteiger partial charge in [0.1, 0.15) is 5.67 Å². The molecule has 1 aliphatic rings. The number of nitrogens with one attached hydrogen (secondary N) is 1. The Morgan fingerprint density at radius 2 is 2.14 bits per heavy atom. The van der Waals surface area contributed by atoms with Crippen molar-refractivity contribution in [3.63, 3.8) is 0 Å². The van der Waals surface area contributed by atoms with Crippen LogP contribution in [0.15, 0.2) is 36.5 Å². The zero-order valence-corrected chi connectivity index (χ0v) is 12.4. The summed E-state index contributed by atoms with van der Waals surface area (Å²) in [5.41, 5.74) is 6.08. The number of carbonyl (C=O) groups excluding carboxylic acids is 1. The Hall–Kier alpha value is -2.21. The smallest absolute Gasteiger partial charge is 0.272 e. The summed E-state index contributed by atoms with van der Waals surface area (Å²) in [5.74, 6) is -0.267. The fourth-order valence-electron chi connectivity index (χ4n) is 2.74. The predicted molar refractivity (Wildman–Crippen MR) is 81.7 cm³/mol.